The van der Waals surface area contributed by atoms with Gasteiger partial charge in [0, 0.05) is 17.0 Å². The maximum absolute atomic E-state index is 12.1. The summed E-state index contributed by atoms with van der Waals surface area (Å²) in [5.41, 5.74) is 0.628. The first-order chi connectivity index (χ1) is 9.97. The number of carbonyl (C=O) groups is 1. The van der Waals surface area contributed by atoms with Gasteiger partial charge in [0.15, 0.2) is 0 Å². The molecule has 1 amide bonds. The van der Waals surface area contributed by atoms with Crippen molar-refractivity contribution < 1.29 is 9.72 Å². The molecule has 7 heteroatoms. The van der Waals surface area contributed by atoms with Gasteiger partial charge in [-0.3, -0.25) is 14.9 Å². The molecule has 1 N–H and O–H groups in total. The Hall–Kier alpha value is -1.73. The summed E-state index contributed by atoms with van der Waals surface area (Å²) in [6, 6.07) is 10.0. The van der Waals surface area contributed by atoms with Gasteiger partial charge in [-0.25, -0.2) is 0 Å². The largest absolute Gasteiger partial charge is 0.351 e. The number of nitro benzene ring substituents is 1. The first kappa shape index (κ1) is 15.7. The maximum atomic E-state index is 12.1. The molecule has 5 nitrogen and oxygen atoms in total. The van der Waals surface area contributed by atoms with Gasteiger partial charge in [0.1, 0.15) is 0 Å². The highest BCUT2D eigenvalue weighted by atomic mass is 79.9. The molecule has 1 aromatic carbocycles. The number of halogens is 1. The second-order valence-electron chi connectivity index (χ2n) is 4.50. The van der Waals surface area contributed by atoms with Gasteiger partial charge in [-0.15, -0.1) is 11.3 Å². The highest BCUT2D eigenvalue weighted by Gasteiger charge is 2.17. The fourth-order valence-electron chi connectivity index (χ4n) is 1.83. The van der Waals surface area contributed by atoms with E-state index in [1.807, 2.05) is 12.1 Å². The highest BCUT2D eigenvalue weighted by Crippen LogP contribution is 2.23. The van der Waals surface area contributed by atoms with Crippen LogP contribution in [0.5, 0.6) is 0 Å². The number of carbonyl (C=O) groups excluding carboxylic acids is 1. The average molecular weight is 369 g/mol. The number of rotatable bonds is 5. The molecule has 1 unspecified atom stereocenters. The molecule has 1 atom stereocenters. The Bertz CT molecular complexity index is 672. The molecule has 0 fully saturated rings. The predicted molar refractivity (Wildman–Crippen MR) is 85.4 cm³/mol. The van der Waals surface area contributed by atoms with Gasteiger partial charge in [0.25, 0.3) is 5.69 Å². The second-order valence-corrected chi connectivity index (χ2v) is 7.04. The highest BCUT2D eigenvalue weighted by molar-refractivity contribution is 9.11. The number of hydrogen-bond acceptors (Lipinski definition) is 4. The summed E-state index contributed by atoms with van der Waals surface area (Å²) in [5.74, 6) is -0.590. The molecule has 110 valence electrons. The van der Waals surface area contributed by atoms with Gasteiger partial charge in [-0.2, -0.15) is 0 Å². The number of benzene rings is 1. The molecule has 0 radical (unpaired) electrons. The van der Waals surface area contributed by atoms with E-state index in [1.54, 1.807) is 30.4 Å². The van der Waals surface area contributed by atoms with Crippen molar-refractivity contribution in [2.24, 2.45) is 0 Å². The minimum absolute atomic E-state index is 0.00524. The van der Waals surface area contributed by atoms with Crippen molar-refractivity contribution in [1.82, 2.24) is 5.32 Å². The summed E-state index contributed by atoms with van der Waals surface area (Å²) >= 11 is 4.92. The molecule has 0 spiro atoms. The van der Waals surface area contributed by atoms with Crippen LogP contribution in [0.4, 0.5) is 5.69 Å². The van der Waals surface area contributed by atoms with Gasteiger partial charge >= 0.3 is 0 Å². The van der Waals surface area contributed by atoms with Crippen molar-refractivity contribution in [2.75, 3.05) is 0 Å². The number of nitrogens with zero attached hydrogens (tertiary/aromatic N) is 1. The number of non-ortho nitro benzene ring substituents is 1. The van der Waals surface area contributed by atoms with Crippen LogP contribution in [-0.4, -0.2) is 10.8 Å². The molecule has 0 aliphatic heterocycles. The van der Waals surface area contributed by atoms with Crippen molar-refractivity contribution in [3.8, 4) is 0 Å². The van der Waals surface area contributed by atoms with Crippen LogP contribution in [0.15, 0.2) is 40.2 Å². The average Bonchev–Trinajstić information content (AvgIpc) is 2.89. The smallest absolute Gasteiger partial charge is 0.269 e. The topological polar surface area (TPSA) is 72.2 Å². The molecule has 0 saturated carbocycles. The van der Waals surface area contributed by atoms with Gasteiger partial charge in [0.2, 0.25) is 5.91 Å². The number of hydrogen-bond donors (Lipinski definition) is 1. The molecular formula is C14H13BrN2O3S. The number of amides is 1. The summed E-state index contributed by atoms with van der Waals surface area (Å²) in [6.45, 7) is 2.19. The van der Waals surface area contributed by atoms with E-state index in [9.17, 15) is 14.9 Å². The van der Waals surface area contributed by atoms with E-state index in [4.69, 9.17) is 0 Å². The third-order valence-electron chi connectivity index (χ3n) is 3.04. The Morgan fingerprint density at radius 2 is 2.19 bits per heavy atom. The Morgan fingerprint density at radius 3 is 2.81 bits per heavy atom. The van der Waals surface area contributed by atoms with E-state index >= 15 is 0 Å². The lowest BCUT2D eigenvalue weighted by atomic mass is 10.00. The van der Waals surface area contributed by atoms with Gasteiger partial charge in [-0.05, 0) is 40.5 Å². The molecule has 21 heavy (non-hydrogen) atoms. The quantitative estimate of drug-likeness (QED) is 0.643. The summed E-state index contributed by atoms with van der Waals surface area (Å²) in [7, 11) is 0. The Kier molecular flexibility index (Phi) is 5.08. The monoisotopic (exact) mass is 368 g/mol. The lowest BCUT2D eigenvalue weighted by Crippen LogP contribution is -2.27. The molecule has 1 aromatic heterocycles. The zero-order chi connectivity index (χ0) is 15.4. The van der Waals surface area contributed by atoms with Crippen LogP contribution in [0, 0.1) is 10.1 Å². The summed E-state index contributed by atoms with van der Waals surface area (Å²) < 4.78 is 1.01. The van der Waals surface area contributed by atoms with Gasteiger partial charge < -0.3 is 5.32 Å². The first-order valence-corrected chi connectivity index (χ1v) is 7.84. The van der Waals surface area contributed by atoms with Crippen molar-refractivity contribution >= 4 is 38.9 Å². The summed E-state index contributed by atoms with van der Waals surface area (Å²) in [5, 5.41) is 13.6. The fourth-order valence-corrected chi connectivity index (χ4v) is 3.26. The second kappa shape index (κ2) is 6.82. The summed E-state index contributed by atoms with van der Waals surface area (Å²) in [4.78, 5) is 23.5. The van der Waals surface area contributed by atoms with Crippen LogP contribution < -0.4 is 5.32 Å². The van der Waals surface area contributed by atoms with Crippen molar-refractivity contribution in [3.63, 3.8) is 0 Å². The molecule has 0 aliphatic carbocycles. The van der Waals surface area contributed by atoms with E-state index in [-0.39, 0.29) is 11.6 Å². The molecule has 0 saturated heterocycles. The van der Waals surface area contributed by atoms with E-state index in [1.165, 1.54) is 12.1 Å². The standard InChI is InChI=1S/C14H13BrN2O3S/c1-9(10-3-2-4-11(7-10)17(19)20)14(18)16-8-12-5-6-13(15)21-12/h2-7,9H,8H2,1H3,(H,16,18). The molecule has 2 aromatic rings. The number of nitro groups is 1. The summed E-state index contributed by atoms with van der Waals surface area (Å²) in [6.07, 6.45) is 0. The Balaban J connectivity index is 2.01. The third kappa shape index (κ3) is 4.12. The predicted octanol–water partition coefficient (Wildman–Crippen LogP) is 3.84. The van der Waals surface area contributed by atoms with E-state index < -0.39 is 10.8 Å². The van der Waals surface area contributed by atoms with E-state index in [0.29, 0.717) is 12.1 Å². The third-order valence-corrected chi connectivity index (χ3v) is 4.66. The van der Waals surface area contributed by atoms with Crippen molar-refractivity contribution in [3.05, 3.63) is 60.7 Å². The lowest BCUT2D eigenvalue weighted by molar-refractivity contribution is -0.384. The Labute approximate surface area is 134 Å². The molecule has 1 heterocycles. The zero-order valence-electron chi connectivity index (χ0n) is 11.2. The number of nitrogens with one attached hydrogen (secondary N) is 1. The van der Waals surface area contributed by atoms with Crippen LogP contribution in [0.3, 0.4) is 0 Å². The van der Waals surface area contributed by atoms with Crippen LogP contribution in [0.1, 0.15) is 23.3 Å². The normalized spacial score (nSPS) is 11.9. The SMILES string of the molecule is CC(C(=O)NCc1ccc(Br)s1)c1cccc([N+](=O)[O-])c1. The van der Waals surface area contributed by atoms with Gasteiger partial charge in [0.05, 0.1) is 21.2 Å². The van der Waals surface area contributed by atoms with Crippen LogP contribution in [0.2, 0.25) is 0 Å². The zero-order valence-corrected chi connectivity index (χ0v) is 13.6. The van der Waals surface area contributed by atoms with Crippen LogP contribution in [-0.2, 0) is 11.3 Å². The van der Waals surface area contributed by atoms with E-state index in [0.717, 1.165) is 8.66 Å². The minimum Gasteiger partial charge on any atom is -0.351 e. The van der Waals surface area contributed by atoms with Crippen LogP contribution in [0.25, 0.3) is 0 Å². The molecule has 0 aliphatic rings. The van der Waals surface area contributed by atoms with Crippen molar-refractivity contribution in [2.45, 2.75) is 19.4 Å². The Morgan fingerprint density at radius 1 is 1.43 bits per heavy atom. The van der Waals surface area contributed by atoms with Crippen LogP contribution >= 0.6 is 27.3 Å². The minimum atomic E-state index is -0.461. The van der Waals surface area contributed by atoms with Gasteiger partial charge in [-0.1, -0.05) is 12.1 Å². The number of thiophene rings is 1. The molecular weight excluding hydrogens is 356 g/mol. The maximum Gasteiger partial charge on any atom is 0.269 e. The van der Waals surface area contributed by atoms with Crippen molar-refractivity contribution in [1.29, 1.82) is 0 Å². The first-order valence-electron chi connectivity index (χ1n) is 6.23. The lowest BCUT2D eigenvalue weighted by Gasteiger charge is -2.11. The fraction of sp³-hybridized carbons (Fsp3) is 0.214. The molecule has 2 rings (SSSR count). The van der Waals surface area contributed by atoms with E-state index in [2.05, 4.69) is 21.2 Å². The molecule has 0 bridgehead atoms.